The summed E-state index contributed by atoms with van der Waals surface area (Å²) >= 11 is 0. The van der Waals surface area contributed by atoms with Crippen LogP contribution in [0.25, 0.3) is 93.6 Å². The molecule has 0 fully saturated rings. The monoisotopic (exact) mass is 976 g/mol. The molecule has 0 spiro atoms. The number of benzene rings is 11. The lowest BCUT2D eigenvalue weighted by Gasteiger charge is -2.27. The third-order valence-electron chi connectivity index (χ3n) is 14.2. The van der Waals surface area contributed by atoms with E-state index >= 15 is 0 Å². The van der Waals surface area contributed by atoms with Crippen LogP contribution in [0.5, 0.6) is 23.0 Å². The van der Waals surface area contributed by atoms with Crippen LogP contribution in [0, 0.1) is 22.7 Å². The Labute approximate surface area is 435 Å². The number of rotatable bonds is 10. The third-order valence-corrected chi connectivity index (χ3v) is 14.2. The predicted molar refractivity (Wildman–Crippen MR) is 303 cm³/mol. The van der Waals surface area contributed by atoms with Crippen LogP contribution in [0.1, 0.15) is 11.1 Å². The molecule has 356 valence electrons. The van der Waals surface area contributed by atoms with E-state index in [9.17, 15) is 10.5 Å². The lowest BCUT2D eigenvalue weighted by atomic mass is 10.0. The molecule has 0 aliphatic carbocycles. The Morgan fingerprint density at radius 1 is 0.368 bits per heavy atom. The van der Waals surface area contributed by atoms with Gasteiger partial charge >= 0.3 is 0 Å². The third kappa shape index (κ3) is 7.53. The molecule has 8 nitrogen and oxygen atoms in total. The molecular weight excluding hydrogens is 937 g/mol. The van der Waals surface area contributed by atoms with Gasteiger partial charge in [-0.15, -0.1) is 0 Å². The molecule has 0 saturated carbocycles. The van der Waals surface area contributed by atoms with Crippen LogP contribution in [0.4, 0.5) is 17.1 Å². The summed E-state index contributed by atoms with van der Waals surface area (Å²) in [6, 6.07) is 85.5. The van der Waals surface area contributed by atoms with E-state index in [1.165, 1.54) is 0 Å². The quantitative estimate of drug-likeness (QED) is 0.135. The van der Waals surface area contributed by atoms with E-state index in [0.29, 0.717) is 22.9 Å². The number of anilines is 3. The van der Waals surface area contributed by atoms with Crippen molar-refractivity contribution in [2.24, 2.45) is 0 Å². The van der Waals surface area contributed by atoms with Crippen LogP contribution >= 0.6 is 0 Å². The average molecular weight is 977 g/mol. The van der Waals surface area contributed by atoms with Crippen molar-refractivity contribution in [1.82, 2.24) is 4.57 Å². The van der Waals surface area contributed by atoms with Crippen LogP contribution < -0.4 is 14.4 Å². The maximum Gasteiger partial charge on any atom is 0.137 e. The fourth-order valence-corrected chi connectivity index (χ4v) is 10.6. The highest BCUT2D eigenvalue weighted by molar-refractivity contribution is 6.14. The molecule has 0 radical (unpaired) electrons. The SMILES string of the molecule is N#Cc1cc(N(c2ccc(-c3ccc(Oc4ccccc4)cc3)cc2)c2ccc3c(c2)oc2ccccc23)cc(-n2c3ccc(-c4ccc5oc6ccccc6c5c4)cc3c3c(Oc4ccccc4)cccc32)c1C#N. The van der Waals surface area contributed by atoms with Crippen LogP contribution in [0.2, 0.25) is 0 Å². The Bertz CT molecular complexity index is 4660. The minimum absolute atomic E-state index is 0.225. The van der Waals surface area contributed by atoms with E-state index in [1.54, 1.807) is 6.07 Å². The summed E-state index contributed by atoms with van der Waals surface area (Å²) in [5.41, 5.74) is 12.1. The van der Waals surface area contributed by atoms with Gasteiger partial charge in [-0.2, -0.15) is 10.5 Å². The highest BCUT2D eigenvalue weighted by Gasteiger charge is 2.25. The number of nitriles is 2. The Kier molecular flexibility index (Phi) is 10.4. The van der Waals surface area contributed by atoms with E-state index in [2.05, 4.69) is 113 Å². The van der Waals surface area contributed by atoms with E-state index in [1.807, 2.05) is 146 Å². The molecule has 0 saturated heterocycles. The van der Waals surface area contributed by atoms with Gasteiger partial charge in [0.2, 0.25) is 0 Å². The first-order valence-corrected chi connectivity index (χ1v) is 24.9. The first kappa shape index (κ1) is 43.9. The van der Waals surface area contributed by atoms with Gasteiger partial charge in [0, 0.05) is 50.1 Å². The molecule has 0 bridgehead atoms. The summed E-state index contributed by atoms with van der Waals surface area (Å²) in [6.07, 6.45) is 0. The predicted octanol–water partition coefficient (Wildman–Crippen LogP) is 18.7. The molecular formula is C68H40N4O4. The van der Waals surface area contributed by atoms with E-state index in [0.717, 1.165) is 111 Å². The zero-order valence-electron chi connectivity index (χ0n) is 40.5. The highest BCUT2D eigenvalue weighted by Crippen LogP contribution is 2.46. The van der Waals surface area contributed by atoms with E-state index < -0.39 is 0 Å². The molecule has 3 heterocycles. The number of fused-ring (bicyclic) bond motifs is 9. The van der Waals surface area contributed by atoms with E-state index in [-0.39, 0.29) is 11.1 Å². The van der Waals surface area contributed by atoms with Crippen molar-refractivity contribution in [3.63, 3.8) is 0 Å². The fourth-order valence-electron chi connectivity index (χ4n) is 10.6. The van der Waals surface area contributed by atoms with E-state index in [4.69, 9.17) is 18.3 Å². The second-order valence-corrected chi connectivity index (χ2v) is 18.7. The highest BCUT2D eigenvalue weighted by atomic mass is 16.5. The van der Waals surface area contributed by atoms with Crippen molar-refractivity contribution in [3.05, 3.63) is 254 Å². The Morgan fingerprint density at radius 3 is 1.64 bits per heavy atom. The van der Waals surface area contributed by atoms with Gasteiger partial charge in [0.25, 0.3) is 0 Å². The van der Waals surface area contributed by atoms with Gasteiger partial charge < -0.3 is 27.8 Å². The van der Waals surface area contributed by atoms with Crippen LogP contribution in [-0.2, 0) is 0 Å². The number of furan rings is 2. The maximum atomic E-state index is 11.2. The van der Waals surface area contributed by atoms with Gasteiger partial charge in [0.1, 0.15) is 57.5 Å². The van der Waals surface area contributed by atoms with Crippen molar-refractivity contribution < 1.29 is 18.3 Å². The van der Waals surface area contributed by atoms with Crippen molar-refractivity contribution in [2.45, 2.75) is 0 Å². The summed E-state index contributed by atoms with van der Waals surface area (Å²) in [4.78, 5) is 2.12. The molecule has 0 amide bonds. The summed E-state index contributed by atoms with van der Waals surface area (Å²) in [7, 11) is 0. The maximum absolute atomic E-state index is 11.2. The first-order chi connectivity index (χ1) is 37.5. The molecule has 0 unspecified atom stereocenters. The summed E-state index contributed by atoms with van der Waals surface area (Å²) in [6.45, 7) is 0. The van der Waals surface area contributed by atoms with Gasteiger partial charge in [-0.25, -0.2) is 0 Å². The summed E-state index contributed by atoms with van der Waals surface area (Å²) < 4.78 is 27.6. The van der Waals surface area contributed by atoms with Gasteiger partial charge in [0.15, 0.2) is 0 Å². The average Bonchev–Trinajstić information content (AvgIpc) is 4.28. The number of hydrogen-bond acceptors (Lipinski definition) is 7. The standard InChI is InChI=1S/C68H40N4O4/c69-41-47-36-50(71(49-30-33-56-54-16-7-9-19-63(54)76-67(56)40-49)48-28-22-43(23-29-48)44-24-31-53(32-25-44)73-51-12-3-1-4-13-51)39-62(59(47)42-70)72-60-34-26-45(46-27-35-65-57(37-46)55-17-8-10-20-64(55)75-65)38-58(60)68-61(72)18-11-21-66(68)74-52-14-5-2-6-15-52/h1-40H. The Hall–Kier alpha value is -10.8. The lowest BCUT2D eigenvalue weighted by molar-refractivity contribution is 0.483. The molecule has 8 heteroatoms. The second-order valence-electron chi connectivity index (χ2n) is 18.7. The number of aromatic nitrogens is 1. The molecule has 0 aliphatic heterocycles. The number of hydrogen-bond donors (Lipinski definition) is 0. The largest absolute Gasteiger partial charge is 0.457 e. The van der Waals surface area contributed by atoms with Gasteiger partial charge in [-0.1, -0.05) is 115 Å². The lowest BCUT2D eigenvalue weighted by Crippen LogP contribution is -2.12. The Balaban J connectivity index is 0.953. The van der Waals surface area contributed by atoms with Gasteiger partial charge in [-0.05, 0) is 144 Å². The normalized spacial score (nSPS) is 11.4. The van der Waals surface area contributed by atoms with Crippen molar-refractivity contribution in [2.75, 3.05) is 4.90 Å². The molecule has 0 aliphatic rings. The molecule has 0 atom stereocenters. The molecule has 0 N–H and O–H groups in total. The first-order valence-electron chi connectivity index (χ1n) is 24.9. The molecule has 11 aromatic carbocycles. The smallest absolute Gasteiger partial charge is 0.137 e. The molecule has 3 aromatic heterocycles. The van der Waals surface area contributed by atoms with Gasteiger partial charge in [0.05, 0.1) is 33.2 Å². The van der Waals surface area contributed by atoms with Crippen molar-refractivity contribution in [3.8, 4) is 63.1 Å². The fraction of sp³-hybridized carbons (Fsp3) is 0. The zero-order valence-corrected chi connectivity index (χ0v) is 40.5. The Morgan fingerprint density at radius 2 is 0.934 bits per heavy atom. The summed E-state index contributed by atoms with van der Waals surface area (Å²) in [5.74, 6) is 2.85. The van der Waals surface area contributed by atoms with Crippen LogP contribution in [0.3, 0.4) is 0 Å². The number of ether oxygens (including phenoxy) is 2. The van der Waals surface area contributed by atoms with Crippen LogP contribution in [-0.4, -0.2) is 4.57 Å². The topological polar surface area (TPSA) is 100 Å². The van der Waals surface area contributed by atoms with Crippen molar-refractivity contribution in [1.29, 1.82) is 10.5 Å². The van der Waals surface area contributed by atoms with Crippen molar-refractivity contribution >= 4 is 82.7 Å². The summed E-state index contributed by atoms with van der Waals surface area (Å²) in [5, 5.41) is 28.1. The van der Waals surface area contributed by atoms with Gasteiger partial charge in [-0.3, -0.25) is 0 Å². The van der Waals surface area contributed by atoms with Crippen LogP contribution in [0.15, 0.2) is 251 Å². The minimum Gasteiger partial charge on any atom is -0.457 e. The second kappa shape index (κ2) is 18.0. The number of nitrogens with zero attached hydrogens (tertiary/aromatic N) is 4. The molecule has 14 aromatic rings. The number of para-hydroxylation sites is 4. The molecule has 76 heavy (non-hydrogen) atoms. The minimum atomic E-state index is 0.225. The zero-order chi connectivity index (χ0) is 50.7. The molecule has 14 rings (SSSR count).